The van der Waals surface area contributed by atoms with Crippen LogP contribution in [0.3, 0.4) is 0 Å². The van der Waals surface area contributed by atoms with E-state index in [4.69, 9.17) is 23.4 Å². The molecule has 1 heterocycles. The highest BCUT2D eigenvalue weighted by Crippen LogP contribution is 2.36. The standard InChI is InChI=1S/C22H22Cl2F3N5O2S/c1-30(2)8-9-31(3)20-10-14(25)4-6-18(20)29-19-12-17(27)21(11-16(19)23)35(33,34)32(24)22-7-5-15(26)13-28-22/h4-7,10-13,29H,8-9H2,1-3H3. The highest BCUT2D eigenvalue weighted by Gasteiger charge is 2.29. The molecule has 0 saturated heterocycles. The number of likely N-dealkylation sites (N-methyl/N-ethyl adjacent to an activating group) is 2. The van der Waals surface area contributed by atoms with Gasteiger partial charge in [-0.2, -0.15) is 12.2 Å². The lowest BCUT2D eigenvalue weighted by atomic mass is 10.2. The number of nitrogens with one attached hydrogen (secondary N) is 1. The molecule has 0 aliphatic heterocycles. The number of pyridine rings is 1. The minimum atomic E-state index is -4.63. The molecule has 7 nitrogen and oxygen atoms in total. The number of anilines is 4. The first-order valence-electron chi connectivity index (χ1n) is 10.1. The van der Waals surface area contributed by atoms with E-state index in [2.05, 4.69) is 10.3 Å². The van der Waals surface area contributed by atoms with Crippen LogP contribution >= 0.6 is 23.4 Å². The molecule has 0 fully saturated rings. The lowest BCUT2D eigenvalue weighted by Gasteiger charge is -2.25. The summed E-state index contributed by atoms with van der Waals surface area (Å²) in [5, 5.41) is 2.80. The Morgan fingerprint density at radius 2 is 1.63 bits per heavy atom. The molecule has 0 aliphatic carbocycles. The van der Waals surface area contributed by atoms with Gasteiger partial charge in [-0.3, -0.25) is 0 Å². The molecular formula is C22H22Cl2F3N5O2S. The molecule has 0 amide bonds. The third kappa shape index (κ3) is 6.29. The number of nitrogens with zero attached hydrogens (tertiary/aromatic N) is 4. The molecule has 2 aromatic carbocycles. The van der Waals surface area contributed by atoms with Crippen molar-refractivity contribution in [1.82, 2.24) is 9.88 Å². The maximum atomic E-state index is 15.0. The Kier molecular flexibility index (Phi) is 8.37. The van der Waals surface area contributed by atoms with Crippen LogP contribution in [0.5, 0.6) is 0 Å². The van der Waals surface area contributed by atoms with Crippen molar-refractivity contribution in [3.63, 3.8) is 0 Å². The molecule has 3 rings (SSSR count). The highest BCUT2D eigenvalue weighted by atomic mass is 35.5. The van der Waals surface area contributed by atoms with E-state index in [1.54, 1.807) is 7.05 Å². The van der Waals surface area contributed by atoms with Crippen molar-refractivity contribution >= 4 is 56.3 Å². The van der Waals surface area contributed by atoms with Gasteiger partial charge in [0.15, 0.2) is 5.82 Å². The second-order valence-electron chi connectivity index (χ2n) is 7.83. The van der Waals surface area contributed by atoms with Crippen LogP contribution in [0.4, 0.5) is 36.1 Å². The molecule has 35 heavy (non-hydrogen) atoms. The largest absolute Gasteiger partial charge is 0.372 e. The smallest absolute Gasteiger partial charge is 0.282 e. The molecule has 0 radical (unpaired) electrons. The van der Waals surface area contributed by atoms with Crippen molar-refractivity contribution < 1.29 is 21.6 Å². The van der Waals surface area contributed by atoms with Crippen LogP contribution in [-0.4, -0.2) is 52.5 Å². The van der Waals surface area contributed by atoms with Crippen LogP contribution in [0.2, 0.25) is 5.02 Å². The zero-order chi connectivity index (χ0) is 25.9. The summed E-state index contributed by atoms with van der Waals surface area (Å²) in [6.07, 6.45) is 0.770. The summed E-state index contributed by atoms with van der Waals surface area (Å²) in [5.74, 6) is -2.64. The average Bonchev–Trinajstić information content (AvgIpc) is 2.80. The van der Waals surface area contributed by atoms with Gasteiger partial charge in [0, 0.05) is 38.0 Å². The molecule has 0 unspecified atom stereocenters. The van der Waals surface area contributed by atoms with E-state index >= 15 is 0 Å². The van der Waals surface area contributed by atoms with E-state index in [1.165, 1.54) is 18.2 Å². The molecule has 0 saturated carbocycles. The van der Waals surface area contributed by atoms with E-state index in [-0.39, 0.29) is 20.4 Å². The summed E-state index contributed by atoms with van der Waals surface area (Å²) < 4.78 is 68.0. The summed E-state index contributed by atoms with van der Waals surface area (Å²) in [4.78, 5) is 6.56. The fourth-order valence-corrected chi connectivity index (χ4v) is 4.74. The molecule has 188 valence electrons. The van der Waals surface area contributed by atoms with E-state index < -0.39 is 32.4 Å². The van der Waals surface area contributed by atoms with Crippen LogP contribution in [-0.2, 0) is 10.0 Å². The zero-order valence-corrected chi connectivity index (χ0v) is 21.3. The predicted octanol–water partition coefficient (Wildman–Crippen LogP) is 5.24. The van der Waals surface area contributed by atoms with Gasteiger partial charge in [0.1, 0.15) is 22.3 Å². The van der Waals surface area contributed by atoms with E-state index in [0.29, 0.717) is 24.5 Å². The molecule has 1 aromatic heterocycles. The van der Waals surface area contributed by atoms with Crippen LogP contribution in [0.25, 0.3) is 0 Å². The minimum absolute atomic E-state index is 0.0537. The molecule has 0 aliphatic rings. The SMILES string of the molecule is CN(C)CCN(C)c1cc(F)ccc1Nc1cc(F)c(S(=O)(=O)N(Cl)c2ccc(F)cn2)cc1Cl. The second-order valence-corrected chi connectivity index (χ2v) is 10.5. The van der Waals surface area contributed by atoms with Crippen LogP contribution in [0.15, 0.2) is 53.6 Å². The van der Waals surface area contributed by atoms with Gasteiger partial charge in [-0.05, 0) is 50.5 Å². The molecule has 13 heteroatoms. The van der Waals surface area contributed by atoms with Crippen molar-refractivity contribution in [3.8, 4) is 0 Å². The number of hydrogen-bond donors (Lipinski definition) is 1. The number of rotatable bonds is 9. The summed E-state index contributed by atoms with van der Waals surface area (Å²) in [5.41, 5.74) is 0.978. The molecular weight excluding hydrogens is 526 g/mol. The molecule has 0 spiro atoms. The van der Waals surface area contributed by atoms with Gasteiger partial charge in [0.25, 0.3) is 10.0 Å². The third-order valence-corrected chi connectivity index (χ3v) is 7.43. The minimum Gasteiger partial charge on any atom is -0.372 e. The van der Waals surface area contributed by atoms with Crippen LogP contribution in [0, 0.1) is 17.5 Å². The van der Waals surface area contributed by atoms with Gasteiger partial charge < -0.3 is 15.1 Å². The Morgan fingerprint density at radius 1 is 0.943 bits per heavy atom. The summed E-state index contributed by atoms with van der Waals surface area (Å²) >= 11 is 12.2. The Bertz CT molecular complexity index is 1310. The topological polar surface area (TPSA) is 68.8 Å². The van der Waals surface area contributed by atoms with Crippen molar-refractivity contribution in [2.75, 3.05) is 48.3 Å². The van der Waals surface area contributed by atoms with Crippen molar-refractivity contribution in [1.29, 1.82) is 0 Å². The third-order valence-electron chi connectivity index (χ3n) is 4.93. The normalized spacial score (nSPS) is 11.6. The second kappa shape index (κ2) is 10.9. The van der Waals surface area contributed by atoms with Crippen LogP contribution < -0.4 is 14.0 Å². The van der Waals surface area contributed by atoms with E-state index in [0.717, 1.165) is 30.5 Å². The van der Waals surface area contributed by atoms with Gasteiger partial charge in [-0.15, -0.1) is 0 Å². The summed E-state index contributed by atoms with van der Waals surface area (Å²) in [7, 11) is 0.967. The van der Waals surface area contributed by atoms with E-state index in [1.807, 2.05) is 23.9 Å². The Hall–Kier alpha value is -2.73. The number of benzene rings is 2. The van der Waals surface area contributed by atoms with Crippen molar-refractivity contribution in [2.24, 2.45) is 0 Å². The fraction of sp³-hybridized carbons (Fsp3) is 0.227. The monoisotopic (exact) mass is 547 g/mol. The Labute approximate surface area is 211 Å². The first-order valence-corrected chi connectivity index (χ1v) is 12.3. The van der Waals surface area contributed by atoms with Crippen molar-refractivity contribution in [3.05, 3.63) is 71.1 Å². The average molecular weight is 548 g/mol. The van der Waals surface area contributed by atoms with E-state index in [9.17, 15) is 21.6 Å². The number of sulfonamides is 1. The van der Waals surface area contributed by atoms with Gasteiger partial charge in [0.05, 0.1) is 28.3 Å². The highest BCUT2D eigenvalue weighted by molar-refractivity contribution is 7.94. The molecule has 3 aromatic rings. The zero-order valence-electron chi connectivity index (χ0n) is 18.9. The van der Waals surface area contributed by atoms with Gasteiger partial charge in [-0.1, -0.05) is 11.6 Å². The lowest BCUT2D eigenvalue weighted by molar-refractivity contribution is 0.416. The summed E-state index contributed by atoms with van der Waals surface area (Å²) in [6.45, 7) is 1.28. The number of hydrogen-bond acceptors (Lipinski definition) is 6. The first-order chi connectivity index (χ1) is 16.4. The van der Waals surface area contributed by atoms with Gasteiger partial charge >= 0.3 is 0 Å². The van der Waals surface area contributed by atoms with Crippen LogP contribution in [0.1, 0.15) is 0 Å². The van der Waals surface area contributed by atoms with Gasteiger partial charge in [0.2, 0.25) is 0 Å². The Balaban J connectivity index is 1.93. The maximum Gasteiger partial charge on any atom is 0.282 e. The molecule has 1 N–H and O–H groups in total. The fourth-order valence-electron chi connectivity index (χ4n) is 3.05. The Morgan fingerprint density at radius 3 is 2.26 bits per heavy atom. The molecule has 0 bridgehead atoms. The molecule has 0 atom stereocenters. The number of aromatic nitrogens is 1. The van der Waals surface area contributed by atoms with Crippen molar-refractivity contribution in [2.45, 2.75) is 4.90 Å². The summed E-state index contributed by atoms with van der Waals surface area (Å²) in [6, 6.07) is 7.80. The first kappa shape index (κ1) is 26.9. The predicted molar refractivity (Wildman–Crippen MR) is 133 cm³/mol. The maximum absolute atomic E-state index is 15.0. The quantitative estimate of drug-likeness (QED) is 0.369. The van der Waals surface area contributed by atoms with Gasteiger partial charge in [-0.25, -0.2) is 18.2 Å². The lowest BCUT2D eigenvalue weighted by Crippen LogP contribution is -2.29. The number of halogens is 5.